The van der Waals surface area contributed by atoms with Crippen molar-refractivity contribution in [2.45, 2.75) is 18.8 Å². The first-order valence-electron chi connectivity index (χ1n) is 8.10. The molecule has 1 aliphatic carbocycles. The van der Waals surface area contributed by atoms with Crippen molar-refractivity contribution in [1.29, 1.82) is 0 Å². The van der Waals surface area contributed by atoms with Crippen LogP contribution >= 0.6 is 27.3 Å². The van der Waals surface area contributed by atoms with E-state index in [0.29, 0.717) is 0 Å². The van der Waals surface area contributed by atoms with Crippen LogP contribution in [0.4, 0.5) is 0 Å². The first-order valence-corrected chi connectivity index (χ1v) is 10.0. The minimum Gasteiger partial charge on any atom is -0.248 e. The topological polar surface area (TPSA) is 12.9 Å². The highest BCUT2D eigenvalue weighted by Crippen LogP contribution is 2.55. The number of rotatable bonds is 4. The fourth-order valence-corrected chi connectivity index (χ4v) is 5.00. The van der Waals surface area contributed by atoms with Crippen molar-refractivity contribution in [3.63, 3.8) is 0 Å². The van der Waals surface area contributed by atoms with Gasteiger partial charge in [0, 0.05) is 16.4 Å². The Labute approximate surface area is 155 Å². The van der Waals surface area contributed by atoms with E-state index >= 15 is 0 Å². The largest absolute Gasteiger partial charge is 0.248 e. The molecule has 0 amide bonds. The molecule has 4 rings (SSSR count). The lowest BCUT2D eigenvalue weighted by atomic mass is 9.76. The van der Waals surface area contributed by atoms with Crippen molar-refractivity contribution < 1.29 is 0 Å². The molecule has 0 unspecified atom stereocenters. The summed E-state index contributed by atoms with van der Waals surface area (Å²) >= 11 is 5.31. The molecule has 1 aliphatic rings. The highest BCUT2D eigenvalue weighted by Gasteiger charge is 2.45. The van der Waals surface area contributed by atoms with Crippen LogP contribution in [0, 0.1) is 6.92 Å². The van der Waals surface area contributed by atoms with Gasteiger partial charge in [-0.2, -0.15) is 0 Å². The monoisotopic (exact) mass is 395 g/mol. The predicted octanol–water partition coefficient (Wildman–Crippen LogP) is 6.11. The number of nitrogens with zero attached hydrogens (tertiary/aromatic N) is 1. The molecule has 1 nitrogen and oxygen atoms in total. The summed E-state index contributed by atoms with van der Waals surface area (Å²) in [5, 5.41) is 2.07. The van der Waals surface area contributed by atoms with Crippen molar-refractivity contribution in [3.8, 4) is 11.1 Å². The van der Waals surface area contributed by atoms with E-state index in [9.17, 15) is 0 Å². The minimum atomic E-state index is -0.176. The average molecular weight is 396 g/mol. The standard InChI is InChI=1S/C21H18BrNS/c1-15-14-23-20(24-15)21(12-6-7-13-22)18-10-4-2-8-16(18)17-9-3-5-11-19(17)21/h2-11,14H,12-13H2,1H3/b7-6+. The van der Waals surface area contributed by atoms with Crippen molar-refractivity contribution in [2.75, 3.05) is 5.33 Å². The highest BCUT2D eigenvalue weighted by atomic mass is 79.9. The predicted molar refractivity (Wildman–Crippen MR) is 106 cm³/mol. The Balaban J connectivity index is 2.03. The summed E-state index contributed by atoms with van der Waals surface area (Å²) in [5.74, 6) is 0. The van der Waals surface area contributed by atoms with Gasteiger partial charge >= 0.3 is 0 Å². The number of benzene rings is 2. The molecule has 0 fully saturated rings. The molecule has 2 aromatic carbocycles. The van der Waals surface area contributed by atoms with Crippen LogP contribution in [0.25, 0.3) is 11.1 Å². The Morgan fingerprint density at radius 1 is 1.00 bits per heavy atom. The quantitative estimate of drug-likeness (QED) is 0.383. The van der Waals surface area contributed by atoms with Crippen LogP contribution < -0.4 is 0 Å². The fourth-order valence-electron chi connectivity index (χ4n) is 3.74. The minimum absolute atomic E-state index is 0.176. The van der Waals surface area contributed by atoms with Crippen molar-refractivity contribution >= 4 is 27.3 Å². The SMILES string of the molecule is Cc1cnc(C2(C/C=C/CBr)c3ccccc3-c3ccccc32)s1. The van der Waals surface area contributed by atoms with Crippen LogP contribution in [0.2, 0.25) is 0 Å². The summed E-state index contributed by atoms with van der Waals surface area (Å²) in [4.78, 5) is 6.08. The first kappa shape index (κ1) is 15.8. The summed E-state index contributed by atoms with van der Waals surface area (Å²) in [6, 6.07) is 17.6. The zero-order valence-corrected chi connectivity index (χ0v) is 15.9. The van der Waals surface area contributed by atoms with E-state index in [0.717, 1.165) is 11.8 Å². The molecule has 0 N–H and O–H groups in total. The number of aromatic nitrogens is 1. The van der Waals surface area contributed by atoms with E-state index in [1.54, 1.807) is 0 Å². The van der Waals surface area contributed by atoms with Crippen LogP contribution in [-0.4, -0.2) is 10.3 Å². The molecule has 3 aromatic rings. The number of fused-ring (bicyclic) bond motifs is 3. The number of halogens is 1. The Morgan fingerprint density at radius 3 is 2.17 bits per heavy atom. The van der Waals surface area contributed by atoms with E-state index in [1.165, 1.54) is 32.1 Å². The molecule has 0 bridgehead atoms. The molecule has 1 aromatic heterocycles. The molecule has 0 saturated carbocycles. The average Bonchev–Trinajstić information content (AvgIpc) is 3.17. The molecule has 0 spiro atoms. The van der Waals surface area contributed by atoms with Crippen LogP contribution in [0.5, 0.6) is 0 Å². The first-order chi connectivity index (χ1) is 11.8. The Kier molecular flexibility index (Phi) is 4.15. The zero-order valence-electron chi connectivity index (χ0n) is 13.5. The van der Waals surface area contributed by atoms with Crippen LogP contribution in [-0.2, 0) is 5.41 Å². The van der Waals surface area contributed by atoms with Crippen LogP contribution in [0.3, 0.4) is 0 Å². The Hall–Kier alpha value is -1.71. The van der Waals surface area contributed by atoms with E-state index in [-0.39, 0.29) is 5.41 Å². The summed E-state index contributed by atoms with van der Waals surface area (Å²) in [6.45, 7) is 2.13. The van der Waals surface area contributed by atoms with Crippen molar-refractivity contribution in [2.24, 2.45) is 0 Å². The van der Waals surface area contributed by atoms with Crippen molar-refractivity contribution in [1.82, 2.24) is 4.98 Å². The van der Waals surface area contributed by atoms with E-state index in [1.807, 2.05) is 17.5 Å². The molecule has 120 valence electrons. The highest BCUT2D eigenvalue weighted by molar-refractivity contribution is 9.09. The van der Waals surface area contributed by atoms with Gasteiger partial charge in [-0.05, 0) is 35.6 Å². The second-order valence-electron chi connectivity index (χ2n) is 6.10. The molecule has 1 heterocycles. The normalized spacial score (nSPS) is 14.8. The molecule has 24 heavy (non-hydrogen) atoms. The van der Waals surface area contributed by atoms with Gasteiger partial charge in [0.1, 0.15) is 5.01 Å². The number of hydrogen-bond acceptors (Lipinski definition) is 2. The van der Waals surface area contributed by atoms with Gasteiger partial charge in [0.25, 0.3) is 0 Å². The van der Waals surface area contributed by atoms with Gasteiger partial charge in [0.05, 0.1) is 5.41 Å². The molecule has 0 radical (unpaired) electrons. The zero-order chi connectivity index (χ0) is 16.6. The molecule has 3 heteroatoms. The molecular weight excluding hydrogens is 378 g/mol. The number of alkyl halides is 1. The van der Waals surface area contributed by atoms with Gasteiger partial charge in [-0.1, -0.05) is 76.6 Å². The summed E-state index contributed by atoms with van der Waals surface area (Å²) in [6.07, 6.45) is 7.40. The van der Waals surface area contributed by atoms with Crippen LogP contribution in [0.1, 0.15) is 27.4 Å². The van der Waals surface area contributed by atoms with Crippen molar-refractivity contribution in [3.05, 3.63) is 87.9 Å². The van der Waals surface area contributed by atoms with Gasteiger partial charge in [-0.3, -0.25) is 0 Å². The van der Waals surface area contributed by atoms with Gasteiger partial charge < -0.3 is 0 Å². The molecule has 0 aliphatic heterocycles. The smallest absolute Gasteiger partial charge is 0.108 e. The molecule has 0 atom stereocenters. The van der Waals surface area contributed by atoms with E-state index < -0.39 is 0 Å². The van der Waals surface area contributed by atoms with Gasteiger partial charge in [0.15, 0.2) is 0 Å². The second kappa shape index (κ2) is 6.30. The van der Waals surface area contributed by atoms with E-state index in [4.69, 9.17) is 4.98 Å². The second-order valence-corrected chi connectivity index (χ2v) is 7.98. The van der Waals surface area contributed by atoms with E-state index in [2.05, 4.69) is 83.5 Å². The Morgan fingerprint density at radius 2 is 1.62 bits per heavy atom. The van der Waals surface area contributed by atoms with Crippen LogP contribution in [0.15, 0.2) is 66.9 Å². The van der Waals surface area contributed by atoms with Gasteiger partial charge in [0.2, 0.25) is 0 Å². The Bertz CT molecular complexity index is 864. The third-order valence-corrected chi connectivity index (χ3v) is 6.18. The maximum atomic E-state index is 4.82. The number of allylic oxidation sites excluding steroid dienone is 2. The molecule has 0 saturated heterocycles. The number of aryl methyl sites for hydroxylation is 1. The molecular formula is C21H18BrNS. The fraction of sp³-hybridized carbons (Fsp3) is 0.190. The number of thiazole rings is 1. The number of hydrogen-bond donors (Lipinski definition) is 0. The third kappa shape index (κ3) is 2.30. The third-order valence-electron chi connectivity index (χ3n) is 4.73. The maximum Gasteiger partial charge on any atom is 0.108 e. The summed E-state index contributed by atoms with van der Waals surface area (Å²) in [7, 11) is 0. The van der Waals surface area contributed by atoms with Gasteiger partial charge in [-0.15, -0.1) is 11.3 Å². The lowest BCUT2D eigenvalue weighted by Gasteiger charge is -2.29. The maximum absolute atomic E-state index is 4.82. The van der Waals surface area contributed by atoms with Gasteiger partial charge in [-0.25, -0.2) is 4.98 Å². The summed E-state index contributed by atoms with van der Waals surface area (Å²) < 4.78 is 0. The lowest BCUT2D eigenvalue weighted by molar-refractivity contribution is 0.639. The summed E-state index contributed by atoms with van der Waals surface area (Å²) in [5.41, 5.74) is 5.26. The lowest BCUT2D eigenvalue weighted by Crippen LogP contribution is -2.26.